The Morgan fingerprint density at radius 2 is 0.605 bits per heavy atom. The highest BCUT2D eigenvalue weighted by molar-refractivity contribution is 5.48. The average Bonchev–Trinajstić information content (AvgIpc) is 2.93. The molecule has 3 rings (SSSR count). The molecule has 0 spiro atoms. The average molecular weight is 531 g/mol. The van der Waals surface area contributed by atoms with E-state index in [2.05, 4.69) is 72.2 Å². The lowest BCUT2D eigenvalue weighted by Crippen LogP contribution is -2.32. The highest BCUT2D eigenvalue weighted by atomic mass is 16.5. The molecule has 0 bridgehead atoms. The molecule has 1 saturated heterocycles. The van der Waals surface area contributed by atoms with Crippen molar-refractivity contribution >= 4 is 11.4 Å². The Balaban J connectivity index is 1.44. The first-order chi connectivity index (χ1) is 18.7. The first-order valence-electron chi connectivity index (χ1n) is 13.8. The van der Waals surface area contributed by atoms with Crippen molar-refractivity contribution in [3.05, 3.63) is 59.7 Å². The molecule has 8 heteroatoms. The minimum atomic E-state index is 0.559. The van der Waals surface area contributed by atoms with Gasteiger partial charge in [-0.15, -0.1) is 0 Å². The number of ether oxygens (including phenoxy) is 6. The fourth-order valence-electron chi connectivity index (χ4n) is 4.03. The van der Waals surface area contributed by atoms with Crippen molar-refractivity contribution in [3.8, 4) is 0 Å². The fourth-order valence-corrected chi connectivity index (χ4v) is 4.03. The molecule has 0 atom stereocenters. The predicted molar refractivity (Wildman–Crippen MR) is 152 cm³/mol. The molecule has 1 fully saturated rings. The second-order valence-corrected chi connectivity index (χ2v) is 9.32. The third kappa shape index (κ3) is 12.6. The molecule has 0 saturated carbocycles. The molecule has 0 radical (unpaired) electrons. The molecule has 0 N–H and O–H groups in total. The van der Waals surface area contributed by atoms with Gasteiger partial charge in [-0.3, -0.25) is 0 Å². The van der Waals surface area contributed by atoms with Crippen molar-refractivity contribution in [2.24, 2.45) is 0 Å². The Bertz CT molecular complexity index is 753. The van der Waals surface area contributed by atoms with Crippen LogP contribution in [0.4, 0.5) is 11.4 Å². The summed E-state index contributed by atoms with van der Waals surface area (Å²) in [6.45, 7) is 14.4. The van der Waals surface area contributed by atoms with E-state index in [4.69, 9.17) is 28.4 Å². The van der Waals surface area contributed by atoms with E-state index < -0.39 is 0 Å². The van der Waals surface area contributed by atoms with Gasteiger partial charge in [0.25, 0.3) is 0 Å². The smallest absolute Gasteiger partial charge is 0.0701 e. The van der Waals surface area contributed by atoms with Gasteiger partial charge in [-0.05, 0) is 38.1 Å². The van der Waals surface area contributed by atoms with E-state index in [0.29, 0.717) is 79.3 Å². The molecule has 2 aromatic carbocycles. The van der Waals surface area contributed by atoms with Gasteiger partial charge in [0.2, 0.25) is 0 Å². The Morgan fingerprint density at radius 3 is 0.868 bits per heavy atom. The van der Waals surface area contributed by atoms with Gasteiger partial charge in [-0.25, -0.2) is 0 Å². The SMILES string of the molecule is Cc1ccc(N2CCOCCOCCOCCN(c3ccc(C)cc3)CCOCCOCCOCC2)cc1. The number of hydrogen-bond acceptors (Lipinski definition) is 8. The molecule has 2 aromatic rings. The second kappa shape index (κ2) is 19.0. The van der Waals surface area contributed by atoms with E-state index >= 15 is 0 Å². The minimum absolute atomic E-state index is 0.559. The van der Waals surface area contributed by atoms with Crippen LogP contribution in [0.1, 0.15) is 11.1 Å². The van der Waals surface area contributed by atoms with Crippen molar-refractivity contribution in [2.75, 3.05) is 115 Å². The lowest BCUT2D eigenvalue weighted by atomic mass is 10.2. The largest absolute Gasteiger partial charge is 0.377 e. The van der Waals surface area contributed by atoms with Crippen LogP contribution in [0.2, 0.25) is 0 Å². The summed E-state index contributed by atoms with van der Waals surface area (Å²) in [4.78, 5) is 4.59. The third-order valence-electron chi connectivity index (χ3n) is 6.31. The molecule has 8 nitrogen and oxygen atoms in total. The molecular formula is C30H46N2O6. The summed E-state index contributed by atoms with van der Waals surface area (Å²) in [5.41, 5.74) is 4.84. The number of nitrogens with zero attached hydrogens (tertiary/aromatic N) is 2. The number of rotatable bonds is 2. The van der Waals surface area contributed by atoms with Crippen LogP contribution in [0.3, 0.4) is 0 Å². The Labute approximate surface area is 228 Å². The van der Waals surface area contributed by atoms with Crippen LogP contribution in [-0.2, 0) is 28.4 Å². The zero-order valence-electron chi connectivity index (χ0n) is 23.3. The van der Waals surface area contributed by atoms with Gasteiger partial charge in [0.15, 0.2) is 0 Å². The van der Waals surface area contributed by atoms with Crippen molar-refractivity contribution < 1.29 is 28.4 Å². The standard InChI is InChI=1S/C30H46N2O6/c1-27-3-7-29(8-4-27)31-11-15-33-19-23-37-25-21-35-17-13-32(30-9-5-28(2)6-10-30)14-18-36-22-26-38-24-20-34-16-12-31/h3-10H,11-26H2,1-2H3. The Morgan fingerprint density at radius 1 is 0.368 bits per heavy atom. The quantitative estimate of drug-likeness (QED) is 0.582. The van der Waals surface area contributed by atoms with E-state index in [0.717, 1.165) is 26.2 Å². The van der Waals surface area contributed by atoms with Gasteiger partial charge in [0.1, 0.15) is 0 Å². The predicted octanol–water partition coefficient (Wildman–Crippen LogP) is 3.73. The number of hydrogen-bond donors (Lipinski definition) is 0. The summed E-state index contributed by atoms with van der Waals surface area (Å²) in [5, 5.41) is 0. The van der Waals surface area contributed by atoms with Crippen LogP contribution in [0.15, 0.2) is 48.5 Å². The van der Waals surface area contributed by atoms with Crippen LogP contribution in [-0.4, -0.2) is 105 Å². The Hall–Kier alpha value is -2.20. The third-order valence-corrected chi connectivity index (χ3v) is 6.31. The molecule has 0 amide bonds. The van der Waals surface area contributed by atoms with Crippen LogP contribution < -0.4 is 9.80 Å². The van der Waals surface area contributed by atoms with Gasteiger partial charge in [0.05, 0.1) is 79.3 Å². The van der Waals surface area contributed by atoms with Crippen molar-refractivity contribution in [1.29, 1.82) is 0 Å². The maximum atomic E-state index is 5.83. The highest BCUT2D eigenvalue weighted by Gasteiger charge is 2.08. The summed E-state index contributed by atoms with van der Waals surface area (Å²) >= 11 is 0. The first kappa shape index (κ1) is 30.3. The van der Waals surface area contributed by atoms with Crippen LogP contribution in [0.25, 0.3) is 0 Å². The highest BCUT2D eigenvalue weighted by Crippen LogP contribution is 2.16. The lowest BCUT2D eigenvalue weighted by molar-refractivity contribution is 0.0126. The molecule has 1 aliphatic heterocycles. The number of aryl methyl sites for hydroxylation is 2. The maximum Gasteiger partial charge on any atom is 0.0701 e. The van der Waals surface area contributed by atoms with E-state index in [9.17, 15) is 0 Å². The summed E-state index contributed by atoms with van der Waals surface area (Å²) in [6, 6.07) is 17.1. The molecular weight excluding hydrogens is 484 g/mol. The van der Waals surface area contributed by atoms with Gasteiger partial charge in [-0.1, -0.05) is 35.4 Å². The first-order valence-corrected chi connectivity index (χ1v) is 13.8. The molecule has 1 heterocycles. The summed E-state index contributed by atoms with van der Waals surface area (Å²) < 4.78 is 34.7. The lowest BCUT2D eigenvalue weighted by Gasteiger charge is -2.25. The topological polar surface area (TPSA) is 61.9 Å². The fraction of sp³-hybridized carbons (Fsp3) is 0.600. The summed E-state index contributed by atoms with van der Waals surface area (Å²) in [5.74, 6) is 0. The zero-order chi connectivity index (χ0) is 26.7. The summed E-state index contributed by atoms with van der Waals surface area (Å²) in [7, 11) is 0. The van der Waals surface area contributed by atoms with Crippen LogP contribution in [0.5, 0.6) is 0 Å². The van der Waals surface area contributed by atoms with Crippen molar-refractivity contribution in [3.63, 3.8) is 0 Å². The molecule has 1 aliphatic rings. The van der Waals surface area contributed by atoms with Crippen LogP contribution in [0, 0.1) is 13.8 Å². The van der Waals surface area contributed by atoms with Crippen LogP contribution >= 0.6 is 0 Å². The zero-order valence-corrected chi connectivity index (χ0v) is 23.3. The summed E-state index contributed by atoms with van der Waals surface area (Å²) in [6.07, 6.45) is 0. The molecule has 0 unspecified atom stereocenters. The molecule has 0 aliphatic carbocycles. The number of anilines is 2. The molecule has 212 valence electrons. The maximum absolute atomic E-state index is 5.83. The van der Waals surface area contributed by atoms with E-state index in [1.54, 1.807) is 0 Å². The van der Waals surface area contributed by atoms with E-state index in [1.807, 2.05) is 0 Å². The normalized spacial score (nSPS) is 19.5. The second-order valence-electron chi connectivity index (χ2n) is 9.32. The number of benzene rings is 2. The van der Waals surface area contributed by atoms with Gasteiger partial charge >= 0.3 is 0 Å². The van der Waals surface area contributed by atoms with Gasteiger partial charge < -0.3 is 38.2 Å². The minimum Gasteiger partial charge on any atom is -0.377 e. The Kier molecular flexibility index (Phi) is 15.1. The van der Waals surface area contributed by atoms with E-state index in [1.165, 1.54) is 22.5 Å². The van der Waals surface area contributed by atoms with Crippen molar-refractivity contribution in [2.45, 2.75) is 13.8 Å². The molecule has 38 heavy (non-hydrogen) atoms. The van der Waals surface area contributed by atoms with E-state index in [-0.39, 0.29) is 0 Å². The van der Waals surface area contributed by atoms with Gasteiger partial charge in [-0.2, -0.15) is 0 Å². The van der Waals surface area contributed by atoms with Gasteiger partial charge in [0, 0.05) is 37.6 Å². The molecule has 0 aromatic heterocycles. The monoisotopic (exact) mass is 530 g/mol. The van der Waals surface area contributed by atoms with Crippen molar-refractivity contribution in [1.82, 2.24) is 0 Å².